The number of fused-ring (bicyclic) bond motifs is 1. The van der Waals surface area contributed by atoms with Gasteiger partial charge in [0.1, 0.15) is 23.3 Å². The standard InChI is InChI=1S/C24H25F2N3O5/c1-12-7-14(25)13(15(26)8-12)10-27-22(32)17-18-16(34-2)9-24-5-3-4-6-28(11-24)23(33)19(29(18)24)21(31)20(17)30/h7-8,16,31H,3-6,9-11H2,1-2H3,(H,27,32)/t16-,24+/m0/s1. The van der Waals surface area contributed by atoms with E-state index in [1.165, 1.54) is 7.11 Å². The zero-order chi connectivity index (χ0) is 24.4. The molecule has 34 heavy (non-hydrogen) atoms. The number of aromatic hydroxyl groups is 1. The Hall–Kier alpha value is -3.27. The second kappa shape index (κ2) is 7.90. The highest BCUT2D eigenvalue weighted by molar-refractivity contribution is 6.00. The van der Waals surface area contributed by atoms with Crippen molar-refractivity contribution in [2.45, 2.75) is 50.8 Å². The lowest BCUT2D eigenvalue weighted by atomic mass is 9.88. The van der Waals surface area contributed by atoms with E-state index in [0.717, 1.165) is 25.0 Å². The molecule has 180 valence electrons. The van der Waals surface area contributed by atoms with Gasteiger partial charge in [0.25, 0.3) is 11.8 Å². The highest BCUT2D eigenvalue weighted by Gasteiger charge is 2.54. The maximum Gasteiger partial charge on any atom is 0.274 e. The molecule has 0 radical (unpaired) electrons. The average molecular weight is 473 g/mol. The van der Waals surface area contributed by atoms with E-state index in [0.29, 0.717) is 31.5 Å². The highest BCUT2D eigenvalue weighted by atomic mass is 19.1. The average Bonchev–Trinajstić information content (AvgIpc) is 2.96. The van der Waals surface area contributed by atoms with Crippen molar-refractivity contribution in [1.29, 1.82) is 0 Å². The second-order valence-electron chi connectivity index (χ2n) is 9.35. The summed E-state index contributed by atoms with van der Waals surface area (Å²) in [6.07, 6.45) is 2.09. The molecule has 1 spiro atoms. The third-order valence-electron chi connectivity index (χ3n) is 7.25. The molecule has 0 saturated carbocycles. The quantitative estimate of drug-likeness (QED) is 0.711. The van der Waals surface area contributed by atoms with Crippen molar-refractivity contribution in [3.8, 4) is 5.75 Å². The van der Waals surface area contributed by atoms with Gasteiger partial charge in [-0.25, -0.2) is 8.78 Å². The van der Waals surface area contributed by atoms with Gasteiger partial charge in [-0.15, -0.1) is 0 Å². The third kappa shape index (κ3) is 3.15. The molecule has 3 aliphatic heterocycles. The van der Waals surface area contributed by atoms with Crippen LogP contribution >= 0.6 is 0 Å². The van der Waals surface area contributed by atoms with Crippen LogP contribution in [0.3, 0.4) is 0 Å². The maximum atomic E-state index is 14.3. The van der Waals surface area contributed by atoms with Crippen LogP contribution < -0.4 is 10.7 Å². The summed E-state index contributed by atoms with van der Waals surface area (Å²) in [6, 6.07) is 2.30. The van der Waals surface area contributed by atoms with Crippen LogP contribution in [0.4, 0.5) is 8.78 Å². The SMILES string of the molecule is CO[C@H]1C[C@]23CCCCN(C2)C(=O)c2c(O)c(=O)c(C(=O)NCc4c(F)cc(C)cc4F)c1n23. The number of carbonyl (C=O) groups excluding carboxylic acids is 2. The van der Waals surface area contributed by atoms with Crippen molar-refractivity contribution in [2.24, 2.45) is 0 Å². The molecule has 1 aromatic carbocycles. The Morgan fingerprint density at radius 3 is 2.65 bits per heavy atom. The first kappa shape index (κ1) is 22.5. The van der Waals surface area contributed by atoms with Gasteiger partial charge in [-0.2, -0.15) is 0 Å². The molecule has 2 amide bonds. The lowest BCUT2D eigenvalue weighted by Crippen LogP contribution is -2.52. The molecule has 2 N–H and O–H groups in total. The van der Waals surface area contributed by atoms with Gasteiger partial charge in [0.2, 0.25) is 5.43 Å². The summed E-state index contributed by atoms with van der Waals surface area (Å²) in [7, 11) is 1.46. The summed E-state index contributed by atoms with van der Waals surface area (Å²) < 4.78 is 35.8. The number of hydrogen-bond acceptors (Lipinski definition) is 5. The zero-order valence-electron chi connectivity index (χ0n) is 18.9. The van der Waals surface area contributed by atoms with Crippen LogP contribution in [-0.2, 0) is 16.8 Å². The molecule has 8 nitrogen and oxygen atoms in total. The van der Waals surface area contributed by atoms with Crippen LogP contribution in [0, 0.1) is 18.6 Å². The van der Waals surface area contributed by atoms with E-state index in [2.05, 4.69) is 5.32 Å². The van der Waals surface area contributed by atoms with Gasteiger partial charge < -0.3 is 24.6 Å². The predicted molar refractivity (Wildman–Crippen MR) is 117 cm³/mol. The number of halogens is 2. The maximum absolute atomic E-state index is 14.3. The lowest BCUT2D eigenvalue weighted by Gasteiger charge is -2.41. The van der Waals surface area contributed by atoms with E-state index in [1.807, 2.05) is 0 Å². The van der Waals surface area contributed by atoms with Gasteiger partial charge in [0, 0.05) is 38.7 Å². The normalized spacial score (nSPS) is 23.0. The minimum atomic E-state index is -1.00. The predicted octanol–water partition coefficient (Wildman–Crippen LogP) is 2.50. The van der Waals surface area contributed by atoms with Crippen molar-refractivity contribution in [3.05, 3.63) is 62.1 Å². The van der Waals surface area contributed by atoms with E-state index in [4.69, 9.17) is 4.74 Å². The summed E-state index contributed by atoms with van der Waals surface area (Å²) >= 11 is 0. The molecular formula is C24H25F2N3O5. The van der Waals surface area contributed by atoms with E-state index in [1.54, 1.807) is 16.4 Å². The number of carbonyl (C=O) groups is 2. The molecule has 0 unspecified atom stereocenters. The third-order valence-corrected chi connectivity index (χ3v) is 7.25. The van der Waals surface area contributed by atoms with Crippen LogP contribution in [0.1, 0.15) is 69.5 Å². The Morgan fingerprint density at radius 1 is 1.26 bits per heavy atom. The number of methoxy groups -OCH3 is 1. The van der Waals surface area contributed by atoms with Gasteiger partial charge in [-0.3, -0.25) is 14.4 Å². The number of benzene rings is 1. The number of hydrogen-bond donors (Lipinski definition) is 2. The van der Waals surface area contributed by atoms with Crippen molar-refractivity contribution in [3.63, 3.8) is 0 Å². The van der Waals surface area contributed by atoms with Crippen LogP contribution in [0.2, 0.25) is 0 Å². The van der Waals surface area contributed by atoms with Crippen molar-refractivity contribution < 1.29 is 28.2 Å². The zero-order valence-corrected chi connectivity index (χ0v) is 18.9. The fraction of sp³-hybridized carbons (Fsp3) is 0.458. The lowest BCUT2D eigenvalue weighted by molar-refractivity contribution is 0.0497. The molecule has 0 aliphatic carbocycles. The van der Waals surface area contributed by atoms with E-state index < -0.39 is 52.8 Å². The number of pyridine rings is 1. The summed E-state index contributed by atoms with van der Waals surface area (Å²) in [6.45, 7) is 1.98. The first-order chi connectivity index (χ1) is 16.2. The molecule has 2 atom stereocenters. The van der Waals surface area contributed by atoms with Crippen LogP contribution in [0.15, 0.2) is 16.9 Å². The number of rotatable bonds is 4. The fourth-order valence-electron chi connectivity index (χ4n) is 5.72. The summed E-state index contributed by atoms with van der Waals surface area (Å²) in [5, 5.41) is 13.2. The molecule has 1 aromatic heterocycles. The molecule has 1 fully saturated rings. The number of nitrogens with one attached hydrogen (secondary N) is 1. The topological polar surface area (TPSA) is 101 Å². The van der Waals surface area contributed by atoms with E-state index >= 15 is 0 Å². The summed E-state index contributed by atoms with van der Waals surface area (Å²) in [5.74, 6) is -3.77. The van der Waals surface area contributed by atoms with Gasteiger partial charge in [-0.05, 0) is 43.9 Å². The van der Waals surface area contributed by atoms with Crippen molar-refractivity contribution in [2.75, 3.05) is 20.2 Å². The number of aryl methyl sites for hydroxylation is 1. The van der Waals surface area contributed by atoms with Gasteiger partial charge in [0.15, 0.2) is 11.4 Å². The molecule has 2 aromatic rings. The Morgan fingerprint density at radius 2 is 1.97 bits per heavy atom. The molecule has 5 rings (SSSR count). The summed E-state index contributed by atoms with van der Waals surface area (Å²) in [4.78, 5) is 41.2. The Kier molecular flexibility index (Phi) is 5.23. The minimum Gasteiger partial charge on any atom is -0.503 e. The number of nitrogens with zero attached hydrogens (tertiary/aromatic N) is 2. The van der Waals surface area contributed by atoms with Crippen LogP contribution in [-0.4, -0.2) is 46.6 Å². The fourth-order valence-corrected chi connectivity index (χ4v) is 5.72. The van der Waals surface area contributed by atoms with Gasteiger partial charge in [-0.1, -0.05) is 0 Å². The molecule has 2 bridgehead atoms. The van der Waals surface area contributed by atoms with Gasteiger partial charge in [0.05, 0.1) is 11.2 Å². The minimum absolute atomic E-state index is 0.125. The molecular weight excluding hydrogens is 448 g/mol. The molecule has 10 heteroatoms. The number of amides is 2. The Bertz CT molecular complexity index is 1270. The Balaban J connectivity index is 1.63. The number of aromatic nitrogens is 1. The highest BCUT2D eigenvalue weighted by Crippen LogP contribution is 2.50. The largest absolute Gasteiger partial charge is 0.503 e. The monoisotopic (exact) mass is 473 g/mol. The summed E-state index contributed by atoms with van der Waals surface area (Å²) in [5.41, 5.74) is -1.83. The first-order valence-electron chi connectivity index (χ1n) is 11.3. The second-order valence-corrected chi connectivity index (χ2v) is 9.35. The van der Waals surface area contributed by atoms with Gasteiger partial charge >= 0.3 is 0 Å². The van der Waals surface area contributed by atoms with Crippen LogP contribution in [0.5, 0.6) is 5.75 Å². The van der Waals surface area contributed by atoms with Crippen molar-refractivity contribution >= 4 is 11.8 Å². The van der Waals surface area contributed by atoms with E-state index in [-0.39, 0.29) is 22.5 Å². The molecule has 3 aliphatic rings. The van der Waals surface area contributed by atoms with Crippen LogP contribution in [0.25, 0.3) is 0 Å². The molecule has 1 saturated heterocycles. The number of ether oxygens (including phenoxy) is 1. The van der Waals surface area contributed by atoms with E-state index in [9.17, 15) is 28.3 Å². The first-order valence-corrected chi connectivity index (χ1v) is 11.3. The van der Waals surface area contributed by atoms with Crippen molar-refractivity contribution in [1.82, 2.24) is 14.8 Å². The Labute approximate surface area is 194 Å². The smallest absolute Gasteiger partial charge is 0.274 e. The molecule has 4 heterocycles.